The lowest BCUT2D eigenvalue weighted by Gasteiger charge is -2.11. The Morgan fingerprint density at radius 2 is 2.14 bits per heavy atom. The summed E-state index contributed by atoms with van der Waals surface area (Å²) in [4.78, 5) is 21.6. The number of furan rings is 1. The third-order valence-electron chi connectivity index (χ3n) is 4.44. The molecule has 0 bridgehead atoms. The maximum atomic E-state index is 12.9. The first-order valence-corrected chi connectivity index (χ1v) is 9.80. The van der Waals surface area contributed by atoms with E-state index in [4.69, 9.17) is 4.42 Å². The van der Waals surface area contributed by atoms with Crippen LogP contribution in [0.1, 0.15) is 39.7 Å². The molecule has 1 N–H and O–H groups in total. The number of rotatable bonds is 5. The van der Waals surface area contributed by atoms with Crippen molar-refractivity contribution in [3.63, 3.8) is 0 Å². The number of nitriles is 1. The Balaban J connectivity index is 1.57. The molecule has 0 aromatic carbocycles. The van der Waals surface area contributed by atoms with Crippen molar-refractivity contribution in [1.29, 1.82) is 5.26 Å². The molecule has 7 nitrogen and oxygen atoms in total. The van der Waals surface area contributed by atoms with Gasteiger partial charge in [0.15, 0.2) is 0 Å². The van der Waals surface area contributed by atoms with Crippen molar-refractivity contribution in [3.05, 3.63) is 76.3 Å². The zero-order chi connectivity index (χ0) is 20.4. The van der Waals surface area contributed by atoms with Crippen LogP contribution in [0.3, 0.4) is 0 Å². The van der Waals surface area contributed by atoms with E-state index in [2.05, 4.69) is 21.4 Å². The van der Waals surface area contributed by atoms with Gasteiger partial charge in [-0.15, -0.1) is 11.3 Å². The molecule has 144 valence electrons. The lowest BCUT2D eigenvalue weighted by molar-refractivity contribution is 0.0938. The molecule has 0 radical (unpaired) electrons. The Bertz CT molecular complexity index is 1190. The Morgan fingerprint density at radius 3 is 2.83 bits per heavy atom. The van der Waals surface area contributed by atoms with Gasteiger partial charge in [-0.25, -0.2) is 4.98 Å². The number of hydrogen-bond donors (Lipinski definition) is 1. The standard InChI is InChI=1S/C21H17N5O2S/c1-13(20-25-17(12-29-20)15-6-5-7-23-11-15)24-19(27)18-14(2)28-21(16(18)10-22)26-8-3-4-9-26/h3-9,11-13H,1-2H3,(H,24,27). The van der Waals surface area contributed by atoms with Gasteiger partial charge in [-0.2, -0.15) is 5.26 Å². The molecule has 1 unspecified atom stereocenters. The average Bonchev–Trinajstić information content (AvgIpc) is 3.47. The van der Waals surface area contributed by atoms with Gasteiger partial charge in [0, 0.05) is 35.7 Å². The van der Waals surface area contributed by atoms with Crippen LogP contribution >= 0.6 is 11.3 Å². The first-order valence-electron chi connectivity index (χ1n) is 8.92. The summed E-state index contributed by atoms with van der Waals surface area (Å²) in [7, 11) is 0. The van der Waals surface area contributed by atoms with Crippen molar-refractivity contribution >= 4 is 17.2 Å². The van der Waals surface area contributed by atoms with Gasteiger partial charge in [-0.3, -0.25) is 14.3 Å². The molecule has 29 heavy (non-hydrogen) atoms. The molecule has 0 spiro atoms. The number of nitrogens with zero attached hydrogens (tertiary/aromatic N) is 4. The second-order valence-electron chi connectivity index (χ2n) is 6.42. The van der Waals surface area contributed by atoms with Crippen LogP contribution in [-0.2, 0) is 0 Å². The fraction of sp³-hybridized carbons (Fsp3) is 0.143. The van der Waals surface area contributed by atoms with Crippen LogP contribution in [-0.4, -0.2) is 20.4 Å². The Hall–Kier alpha value is -3.70. The van der Waals surface area contributed by atoms with Gasteiger partial charge in [0.05, 0.1) is 11.7 Å². The highest BCUT2D eigenvalue weighted by Crippen LogP contribution is 2.28. The highest BCUT2D eigenvalue weighted by Gasteiger charge is 2.26. The Morgan fingerprint density at radius 1 is 1.34 bits per heavy atom. The van der Waals surface area contributed by atoms with Crippen molar-refractivity contribution in [2.24, 2.45) is 0 Å². The van der Waals surface area contributed by atoms with E-state index in [-0.39, 0.29) is 23.1 Å². The molecule has 4 aromatic heterocycles. The summed E-state index contributed by atoms with van der Waals surface area (Å²) >= 11 is 1.46. The number of nitrogens with one attached hydrogen (secondary N) is 1. The molecule has 1 atom stereocenters. The Kier molecular flexibility index (Phi) is 4.97. The molecule has 0 saturated carbocycles. The molecule has 8 heteroatoms. The van der Waals surface area contributed by atoms with Crippen LogP contribution in [0.4, 0.5) is 0 Å². The van der Waals surface area contributed by atoms with Gasteiger partial charge >= 0.3 is 0 Å². The van der Waals surface area contributed by atoms with Crippen LogP contribution in [0.5, 0.6) is 0 Å². The molecule has 1 amide bonds. The number of thiazole rings is 1. The average molecular weight is 403 g/mol. The molecule has 4 heterocycles. The fourth-order valence-electron chi connectivity index (χ4n) is 3.02. The number of carbonyl (C=O) groups is 1. The van der Waals surface area contributed by atoms with Crippen molar-refractivity contribution in [1.82, 2.24) is 19.9 Å². The van der Waals surface area contributed by atoms with Crippen LogP contribution in [0.2, 0.25) is 0 Å². The SMILES string of the molecule is Cc1oc(-n2cccc2)c(C#N)c1C(=O)NC(C)c1nc(-c2cccnc2)cs1. The third-order valence-corrected chi connectivity index (χ3v) is 5.47. The monoisotopic (exact) mass is 403 g/mol. The topological polar surface area (TPSA) is 96.7 Å². The van der Waals surface area contributed by atoms with Crippen LogP contribution in [0.25, 0.3) is 17.1 Å². The van der Waals surface area contributed by atoms with Gasteiger partial charge < -0.3 is 9.73 Å². The normalized spacial score (nSPS) is 11.8. The van der Waals surface area contributed by atoms with Crippen molar-refractivity contribution < 1.29 is 9.21 Å². The predicted molar refractivity (Wildman–Crippen MR) is 109 cm³/mol. The Labute approximate surface area is 171 Å². The van der Waals surface area contributed by atoms with Gasteiger partial charge in [0.1, 0.15) is 28.0 Å². The second kappa shape index (κ2) is 7.73. The van der Waals surface area contributed by atoms with Gasteiger partial charge in [0.25, 0.3) is 5.91 Å². The summed E-state index contributed by atoms with van der Waals surface area (Å²) in [6.45, 7) is 3.54. The predicted octanol–water partition coefficient (Wildman–Crippen LogP) is 4.26. The summed E-state index contributed by atoms with van der Waals surface area (Å²) in [5.41, 5.74) is 2.18. The molecule has 0 fully saturated rings. The quantitative estimate of drug-likeness (QED) is 0.537. The molecule has 4 rings (SSSR count). The van der Waals surface area contributed by atoms with Crippen LogP contribution in [0, 0.1) is 18.3 Å². The third kappa shape index (κ3) is 3.56. The molecule has 0 saturated heterocycles. The van der Waals surface area contributed by atoms with Gasteiger partial charge in [-0.1, -0.05) is 0 Å². The van der Waals surface area contributed by atoms with E-state index in [1.54, 1.807) is 36.3 Å². The fourth-order valence-corrected chi connectivity index (χ4v) is 3.86. The summed E-state index contributed by atoms with van der Waals surface area (Å²) in [5.74, 6) is 0.359. The molecule has 0 aliphatic rings. The lowest BCUT2D eigenvalue weighted by Crippen LogP contribution is -2.27. The zero-order valence-corrected chi connectivity index (χ0v) is 16.6. The zero-order valence-electron chi connectivity index (χ0n) is 15.8. The van der Waals surface area contributed by atoms with Gasteiger partial charge in [0.2, 0.25) is 5.88 Å². The molecule has 0 aliphatic heterocycles. The van der Waals surface area contributed by atoms with E-state index < -0.39 is 0 Å². The largest absolute Gasteiger partial charge is 0.443 e. The van der Waals surface area contributed by atoms with Crippen LogP contribution < -0.4 is 5.32 Å². The summed E-state index contributed by atoms with van der Waals surface area (Å²) < 4.78 is 7.38. The molecule has 4 aromatic rings. The van der Waals surface area contributed by atoms with Gasteiger partial charge in [-0.05, 0) is 38.1 Å². The number of hydrogen-bond acceptors (Lipinski definition) is 6. The smallest absolute Gasteiger partial charge is 0.256 e. The van der Waals surface area contributed by atoms with E-state index in [0.717, 1.165) is 16.3 Å². The molecule has 0 aliphatic carbocycles. The number of carbonyl (C=O) groups excluding carboxylic acids is 1. The highest BCUT2D eigenvalue weighted by atomic mass is 32.1. The summed E-state index contributed by atoms with van der Waals surface area (Å²) in [6.07, 6.45) is 6.98. The molecular formula is C21H17N5O2S. The van der Waals surface area contributed by atoms with E-state index in [1.807, 2.05) is 36.6 Å². The summed E-state index contributed by atoms with van der Waals surface area (Å²) in [6, 6.07) is 9.21. The van der Waals surface area contributed by atoms with Crippen molar-refractivity contribution in [3.8, 4) is 23.2 Å². The number of pyridine rings is 1. The summed E-state index contributed by atoms with van der Waals surface area (Å²) in [5, 5.41) is 15.2. The lowest BCUT2D eigenvalue weighted by atomic mass is 10.1. The number of aryl methyl sites for hydroxylation is 1. The highest BCUT2D eigenvalue weighted by molar-refractivity contribution is 7.10. The van der Waals surface area contributed by atoms with Crippen LogP contribution in [0.15, 0.2) is 58.9 Å². The minimum Gasteiger partial charge on any atom is -0.443 e. The van der Waals surface area contributed by atoms with E-state index in [1.165, 1.54) is 11.3 Å². The molecular weight excluding hydrogens is 386 g/mol. The number of amides is 1. The van der Waals surface area contributed by atoms with E-state index in [9.17, 15) is 10.1 Å². The van der Waals surface area contributed by atoms with Crippen molar-refractivity contribution in [2.45, 2.75) is 19.9 Å². The minimum atomic E-state index is -0.369. The maximum Gasteiger partial charge on any atom is 0.256 e. The second-order valence-corrected chi connectivity index (χ2v) is 7.31. The van der Waals surface area contributed by atoms with Crippen molar-refractivity contribution in [2.75, 3.05) is 0 Å². The maximum absolute atomic E-state index is 12.9. The first-order chi connectivity index (χ1) is 14.1. The first kappa shape index (κ1) is 18.7. The van der Waals surface area contributed by atoms with E-state index >= 15 is 0 Å². The number of aromatic nitrogens is 3. The van der Waals surface area contributed by atoms with E-state index in [0.29, 0.717) is 11.6 Å². The minimum absolute atomic E-state index is 0.207.